The van der Waals surface area contributed by atoms with Gasteiger partial charge in [0.15, 0.2) is 0 Å². The number of nitrogens with zero attached hydrogens (tertiary/aromatic N) is 2. The topological polar surface area (TPSA) is 65.8 Å². The summed E-state index contributed by atoms with van der Waals surface area (Å²) in [6.07, 6.45) is 7.49. The average Bonchev–Trinajstić information content (AvgIpc) is 3.52. The van der Waals surface area contributed by atoms with E-state index in [1.807, 2.05) is 18.4 Å². The molecule has 0 aliphatic heterocycles. The van der Waals surface area contributed by atoms with Gasteiger partial charge in [0.05, 0.1) is 11.1 Å². The van der Waals surface area contributed by atoms with Crippen LogP contribution < -0.4 is 5.32 Å². The molecule has 0 radical (unpaired) electrons. The van der Waals surface area contributed by atoms with E-state index in [4.69, 9.17) is 0 Å². The van der Waals surface area contributed by atoms with Gasteiger partial charge < -0.3 is 5.32 Å². The van der Waals surface area contributed by atoms with Crippen LogP contribution in [-0.2, 0) is 5.41 Å². The third-order valence-electron chi connectivity index (χ3n) is 5.84. The maximum atomic E-state index is 13.0. The molecule has 138 valence electrons. The highest BCUT2D eigenvalue weighted by atomic mass is 32.2. The van der Waals surface area contributed by atoms with Crippen LogP contribution in [0.15, 0.2) is 41.4 Å². The molecule has 1 heterocycles. The Morgan fingerprint density at radius 2 is 2.07 bits per heavy atom. The van der Waals surface area contributed by atoms with Crippen LogP contribution in [0, 0.1) is 11.3 Å². The molecule has 0 saturated heterocycles. The Labute approximate surface area is 164 Å². The third kappa shape index (κ3) is 3.46. The molecule has 1 aromatic carbocycles. The lowest BCUT2D eigenvalue weighted by Crippen LogP contribution is -2.45. The second-order valence-electron chi connectivity index (χ2n) is 7.55. The van der Waals surface area contributed by atoms with E-state index in [1.165, 1.54) is 23.7 Å². The Hall–Kier alpha value is -2.32. The second kappa shape index (κ2) is 7.36. The van der Waals surface area contributed by atoms with Gasteiger partial charge in [-0.05, 0) is 43.6 Å². The van der Waals surface area contributed by atoms with E-state index in [2.05, 4.69) is 40.6 Å². The molecule has 2 saturated carbocycles. The molecule has 2 aromatic rings. The van der Waals surface area contributed by atoms with Crippen molar-refractivity contribution in [2.45, 2.75) is 48.5 Å². The summed E-state index contributed by atoms with van der Waals surface area (Å²) in [6.45, 7) is 0.608. The molecule has 2 fully saturated rings. The number of rotatable bonds is 6. The monoisotopic (exact) mass is 377 g/mol. The van der Waals surface area contributed by atoms with Crippen molar-refractivity contribution in [3.05, 3.63) is 58.8 Å². The SMILES string of the molecule is CSc1nc(C2CC2)cc(C(=O)NCC2(c3ccccc3)CCC2)c1C#N. The molecule has 0 bridgehead atoms. The Morgan fingerprint density at radius 3 is 2.63 bits per heavy atom. The van der Waals surface area contributed by atoms with Gasteiger partial charge >= 0.3 is 0 Å². The summed E-state index contributed by atoms with van der Waals surface area (Å²) in [4.78, 5) is 17.6. The van der Waals surface area contributed by atoms with Gasteiger partial charge in [0.25, 0.3) is 5.91 Å². The average molecular weight is 378 g/mol. The van der Waals surface area contributed by atoms with Gasteiger partial charge in [-0.3, -0.25) is 4.79 Å². The molecule has 2 aliphatic carbocycles. The normalized spacial score (nSPS) is 17.6. The van der Waals surface area contributed by atoms with Gasteiger partial charge in [-0.25, -0.2) is 4.98 Å². The number of thioether (sulfide) groups is 1. The Kier molecular flexibility index (Phi) is 4.92. The summed E-state index contributed by atoms with van der Waals surface area (Å²) in [6, 6.07) is 14.5. The highest BCUT2D eigenvalue weighted by molar-refractivity contribution is 7.98. The summed E-state index contributed by atoms with van der Waals surface area (Å²) in [5.74, 6) is 0.283. The number of benzene rings is 1. The van der Waals surface area contributed by atoms with Crippen molar-refractivity contribution in [2.24, 2.45) is 0 Å². The number of nitrogens with one attached hydrogen (secondary N) is 1. The molecule has 27 heavy (non-hydrogen) atoms. The Morgan fingerprint density at radius 1 is 1.33 bits per heavy atom. The van der Waals surface area contributed by atoms with Gasteiger partial charge in [-0.15, -0.1) is 11.8 Å². The Balaban J connectivity index is 1.58. The Bertz CT molecular complexity index is 896. The molecule has 1 N–H and O–H groups in total. The summed E-state index contributed by atoms with van der Waals surface area (Å²) in [5, 5.41) is 13.4. The highest BCUT2D eigenvalue weighted by Crippen LogP contribution is 2.43. The quantitative estimate of drug-likeness (QED) is 0.758. The maximum Gasteiger partial charge on any atom is 0.252 e. The number of carbonyl (C=O) groups excluding carboxylic acids is 1. The lowest BCUT2D eigenvalue weighted by Gasteiger charge is -2.42. The molecule has 0 unspecified atom stereocenters. The van der Waals surface area contributed by atoms with E-state index in [1.54, 1.807) is 0 Å². The van der Waals surface area contributed by atoms with E-state index >= 15 is 0 Å². The summed E-state index contributed by atoms with van der Waals surface area (Å²) >= 11 is 1.43. The minimum absolute atomic E-state index is 0.0262. The zero-order chi connectivity index (χ0) is 18.9. The van der Waals surface area contributed by atoms with Crippen molar-refractivity contribution in [1.82, 2.24) is 10.3 Å². The van der Waals surface area contributed by atoms with Crippen molar-refractivity contribution >= 4 is 17.7 Å². The second-order valence-corrected chi connectivity index (χ2v) is 8.34. The molecule has 4 nitrogen and oxygen atoms in total. The lowest BCUT2D eigenvalue weighted by molar-refractivity contribution is 0.0927. The van der Waals surface area contributed by atoms with Gasteiger partial charge in [0.1, 0.15) is 11.1 Å². The third-order valence-corrected chi connectivity index (χ3v) is 6.52. The fourth-order valence-electron chi connectivity index (χ4n) is 3.87. The van der Waals surface area contributed by atoms with Crippen LogP contribution in [0.3, 0.4) is 0 Å². The van der Waals surface area contributed by atoms with Crippen LogP contribution >= 0.6 is 11.8 Å². The van der Waals surface area contributed by atoms with Gasteiger partial charge in [0, 0.05) is 23.6 Å². The van der Waals surface area contributed by atoms with Crippen LogP contribution in [0.4, 0.5) is 0 Å². The first-order chi connectivity index (χ1) is 13.2. The number of carbonyl (C=O) groups is 1. The van der Waals surface area contributed by atoms with Crippen molar-refractivity contribution < 1.29 is 4.79 Å². The zero-order valence-electron chi connectivity index (χ0n) is 15.5. The van der Waals surface area contributed by atoms with Gasteiger partial charge in [0.2, 0.25) is 0 Å². The van der Waals surface area contributed by atoms with Gasteiger partial charge in [-0.2, -0.15) is 5.26 Å². The predicted molar refractivity (Wildman–Crippen MR) is 107 cm³/mol. The van der Waals surface area contributed by atoms with Gasteiger partial charge in [-0.1, -0.05) is 36.8 Å². The first-order valence-corrected chi connectivity index (χ1v) is 10.7. The molecule has 2 aliphatic rings. The summed E-state index contributed by atoms with van der Waals surface area (Å²) in [5.41, 5.74) is 3.13. The van der Waals surface area contributed by atoms with Crippen LogP contribution in [-0.4, -0.2) is 23.7 Å². The van der Waals surface area contributed by atoms with E-state index in [-0.39, 0.29) is 11.3 Å². The van der Waals surface area contributed by atoms with Crippen molar-refractivity contribution in [3.63, 3.8) is 0 Å². The van der Waals surface area contributed by atoms with Crippen molar-refractivity contribution in [2.75, 3.05) is 12.8 Å². The molecule has 4 rings (SSSR count). The molecule has 5 heteroatoms. The molecule has 0 spiro atoms. The first-order valence-electron chi connectivity index (χ1n) is 9.49. The fraction of sp³-hybridized carbons (Fsp3) is 0.409. The van der Waals surface area contributed by atoms with E-state index < -0.39 is 0 Å². The molecular weight excluding hydrogens is 354 g/mol. The van der Waals surface area contributed by atoms with Crippen molar-refractivity contribution in [1.29, 1.82) is 5.26 Å². The lowest BCUT2D eigenvalue weighted by atomic mass is 9.64. The highest BCUT2D eigenvalue weighted by Gasteiger charge is 2.39. The van der Waals surface area contributed by atoms with Crippen LogP contribution in [0.1, 0.15) is 65.2 Å². The standard InChI is InChI=1S/C22H23N3OS/c1-27-21-18(13-23)17(12-19(25-21)15-8-9-15)20(26)24-14-22(10-5-11-22)16-6-3-2-4-7-16/h2-4,6-7,12,15H,5,8-11,14H2,1H3,(H,24,26). The molecule has 1 amide bonds. The summed E-state index contributed by atoms with van der Waals surface area (Å²) < 4.78 is 0. The fourth-order valence-corrected chi connectivity index (χ4v) is 4.43. The minimum Gasteiger partial charge on any atom is -0.351 e. The smallest absolute Gasteiger partial charge is 0.252 e. The molecule has 1 aromatic heterocycles. The van der Waals surface area contributed by atoms with E-state index in [0.717, 1.165) is 31.4 Å². The zero-order valence-corrected chi connectivity index (χ0v) is 16.3. The largest absolute Gasteiger partial charge is 0.351 e. The predicted octanol–water partition coefficient (Wildman–Crippen LogP) is 4.40. The number of pyridine rings is 1. The molecular formula is C22H23N3OS. The number of hydrogen-bond acceptors (Lipinski definition) is 4. The first kappa shape index (κ1) is 18.1. The van der Waals surface area contributed by atoms with Crippen molar-refractivity contribution in [3.8, 4) is 6.07 Å². The molecule has 0 atom stereocenters. The minimum atomic E-state index is -0.159. The maximum absolute atomic E-state index is 13.0. The van der Waals surface area contributed by atoms with E-state index in [0.29, 0.717) is 28.6 Å². The number of hydrogen-bond donors (Lipinski definition) is 1. The van der Waals surface area contributed by atoms with Crippen LogP contribution in [0.25, 0.3) is 0 Å². The summed E-state index contributed by atoms with van der Waals surface area (Å²) in [7, 11) is 0. The van der Waals surface area contributed by atoms with Crippen LogP contribution in [0.5, 0.6) is 0 Å². The van der Waals surface area contributed by atoms with E-state index in [9.17, 15) is 10.1 Å². The van der Waals surface area contributed by atoms with Crippen LogP contribution in [0.2, 0.25) is 0 Å². The number of aromatic nitrogens is 1. The number of amides is 1. The number of nitriles is 1.